The van der Waals surface area contributed by atoms with Gasteiger partial charge >= 0.3 is 5.97 Å². The van der Waals surface area contributed by atoms with Gasteiger partial charge in [-0.2, -0.15) is 0 Å². The van der Waals surface area contributed by atoms with E-state index in [1.54, 1.807) is 25.3 Å². The Morgan fingerprint density at radius 2 is 2.47 bits per heavy atom. The van der Waals surface area contributed by atoms with Gasteiger partial charge in [-0.1, -0.05) is 5.92 Å². The molecule has 1 heterocycles. The lowest BCUT2D eigenvalue weighted by Crippen LogP contribution is -2.05. The quantitative estimate of drug-likeness (QED) is 0.595. The number of carbonyl (C=O) groups is 1. The zero-order valence-corrected chi connectivity index (χ0v) is 8.70. The average molecular weight is 204 g/mol. The van der Waals surface area contributed by atoms with Crippen molar-refractivity contribution < 1.29 is 9.53 Å². The summed E-state index contributed by atoms with van der Waals surface area (Å²) in [7, 11) is 1.35. The first-order valence-electron chi connectivity index (χ1n) is 4.45. The number of nitrogens with zero attached hydrogens (tertiary/aromatic N) is 1. The molecule has 4 heteroatoms. The molecule has 4 nitrogen and oxygen atoms in total. The van der Waals surface area contributed by atoms with E-state index in [1.807, 2.05) is 0 Å². The third-order valence-corrected chi connectivity index (χ3v) is 1.72. The first-order valence-corrected chi connectivity index (χ1v) is 4.45. The molecule has 0 saturated heterocycles. The van der Waals surface area contributed by atoms with Crippen LogP contribution in [0.5, 0.6) is 0 Å². The summed E-state index contributed by atoms with van der Waals surface area (Å²) in [6, 6.07) is 3.23. The molecule has 0 amide bonds. The molecule has 0 aliphatic carbocycles. The third kappa shape index (κ3) is 3.31. The van der Waals surface area contributed by atoms with E-state index in [2.05, 4.69) is 26.9 Å². The van der Waals surface area contributed by atoms with Crippen LogP contribution in [0.2, 0.25) is 0 Å². The number of rotatable bonds is 3. The van der Waals surface area contributed by atoms with Crippen molar-refractivity contribution in [3.63, 3.8) is 0 Å². The van der Waals surface area contributed by atoms with Crippen LogP contribution in [-0.2, 0) is 4.74 Å². The van der Waals surface area contributed by atoms with Crippen LogP contribution in [0.3, 0.4) is 0 Å². The standard InChI is InChI=1S/C11H12N2O2/c1-3-4-6-12-10-8-9(5-7-13-10)11(14)15-2/h5,7-8H,6H2,1-2H3,(H,12,13). The highest BCUT2D eigenvalue weighted by molar-refractivity contribution is 5.89. The number of hydrogen-bond donors (Lipinski definition) is 1. The van der Waals surface area contributed by atoms with Gasteiger partial charge in [0.05, 0.1) is 19.2 Å². The maximum atomic E-state index is 11.2. The van der Waals surface area contributed by atoms with Gasteiger partial charge in [0.25, 0.3) is 0 Å². The fraction of sp³-hybridized carbons (Fsp3) is 0.273. The molecule has 0 aliphatic heterocycles. The molecule has 15 heavy (non-hydrogen) atoms. The van der Waals surface area contributed by atoms with E-state index in [-0.39, 0.29) is 5.97 Å². The molecule has 0 atom stereocenters. The minimum absolute atomic E-state index is 0.373. The highest BCUT2D eigenvalue weighted by Crippen LogP contribution is 2.07. The number of esters is 1. The van der Waals surface area contributed by atoms with Crippen LogP contribution in [0.25, 0.3) is 0 Å². The lowest BCUT2D eigenvalue weighted by Gasteiger charge is -2.03. The van der Waals surface area contributed by atoms with E-state index in [1.165, 1.54) is 7.11 Å². The van der Waals surface area contributed by atoms with Crippen molar-refractivity contribution >= 4 is 11.8 Å². The molecule has 0 unspecified atom stereocenters. The van der Waals surface area contributed by atoms with E-state index in [0.717, 1.165) is 0 Å². The van der Waals surface area contributed by atoms with E-state index < -0.39 is 0 Å². The molecule has 1 rings (SSSR count). The Balaban J connectivity index is 2.72. The Labute approximate surface area is 88.7 Å². The zero-order valence-electron chi connectivity index (χ0n) is 8.70. The van der Waals surface area contributed by atoms with Crippen molar-refractivity contribution in [3.05, 3.63) is 23.9 Å². The lowest BCUT2D eigenvalue weighted by atomic mass is 10.2. The van der Waals surface area contributed by atoms with Crippen molar-refractivity contribution in [1.29, 1.82) is 0 Å². The van der Waals surface area contributed by atoms with Gasteiger partial charge in [0, 0.05) is 6.20 Å². The number of pyridine rings is 1. The first kappa shape index (κ1) is 11.1. The number of nitrogens with one attached hydrogen (secondary N) is 1. The van der Waals surface area contributed by atoms with Crippen LogP contribution in [-0.4, -0.2) is 24.6 Å². The Bertz CT molecular complexity index is 405. The predicted molar refractivity (Wildman–Crippen MR) is 57.5 cm³/mol. The van der Waals surface area contributed by atoms with Crippen molar-refractivity contribution in [2.45, 2.75) is 6.92 Å². The number of hydrogen-bond acceptors (Lipinski definition) is 4. The Kier molecular flexibility index (Phi) is 4.17. The van der Waals surface area contributed by atoms with Gasteiger partial charge in [0.15, 0.2) is 0 Å². The minimum atomic E-state index is -0.373. The molecule has 0 radical (unpaired) electrons. The molecular weight excluding hydrogens is 192 g/mol. The fourth-order valence-electron chi connectivity index (χ4n) is 0.995. The van der Waals surface area contributed by atoms with Crippen molar-refractivity contribution in [2.24, 2.45) is 0 Å². The topological polar surface area (TPSA) is 51.2 Å². The van der Waals surface area contributed by atoms with E-state index in [0.29, 0.717) is 17.9 Å². The first-order chi connectivity index (χ1) is 7.27. The summed E-state index contributed by atoms with van der Waals surface area (Å²) in [4.78, 5) is 15.2. The molecule has 0 aromatic carbocycles. The monoisotopic (exact) mass is 204 g/mol. The maximum Gasteiger partial charge on any atom is 0.338 e. The van der Waals surface area contributed by atoms with Crippen molar-refractivity contribution in [2.75, 3.05) is 19.0 Å². The number of aromatic nitrogens is 1. The van der Waals surface area contributed by atoms with Gasteiger partial charge in [-0.05, 0) is 19.1 Å². The maximum absolute atomic E-state index is 11.2. The molecular formula is C11H12N2O2. The van der Waals surface area contributed by atoms with Crippen LogP contribution in [0.15, 0.2) is 18.3 Å². The Morgan fingerprint density at radius 3 is 3.13 bits per heavy atom. The summed E-state index contributed by atoms with van der Waals surface area (Å²) >= 11 is 0. The van der Waals surface area contributed by atoms with Gasteiger partial charge in [0.1, 0.15) is 5.82 Å². The highest BCUT2D eigenvalue weighted by atomic mass is 16.5. The van der Waals surface area contributed by atoms with Crippen LogP contribution >= 0.6 is 0 Å². The van der Waals surface area contributed by atoms with Gasteiger partial charge < -0.3 is 10.1 Å². The van der Waals surface area contributed by atoms with Crippen molar-refractivity contribution in [3.8, 4) is 11.8 Å². The van der Waals surface area contributed by atoms with Gasteiger partial charge in [0.2, 0.25) is 0 Å². The molecule has 1 N–H and O–H groups in total. The van der Waals surface area contributed by atoms with Crippen LogP contribution in [0.1, 0.15) is 17.3 Å². The average Bonchev–Trinajstić information content (AvgIpc) is 2.29. The number of carbonyl (C=O) groups excluding carboxylic acids is 1. The Hall–Kier alpha value is -2.02. The van der Waals surface area contributed by atoms with E-state index in [9.17, 15) is 4.79 Å². The summed E-state index contributed by atoms with van der Waals surface area (Å²) in [5.41, 5.74) is 0.472. The predicted octanol–water partition coefficient (Wildman–Crippen LogP) is 1.30. The summed E-state index contributed by atoms with van der Waals surface area (Å²) in [6.07, 6.45) is 1.55. The summed E-state index contributed by atoms with van der Waals surface area (Å²) in [5.74, 6) is 5.84. The molecule has 0 aliphatic rings. The van der Waals surface area contributed by atoms with Gasteiger partial charge in [-0.3, -0.25) is 0 Å². The number of anilines is 1. The second kappa shape index (κ2) is 5.66. The molecule has 0 bridgehead atoms. The lowest BCUT2D eigenvalue weighted by molar-refractivity contribution is 0.0600. The van der Waals surface area contributed by atoms with Crippen LogP contribution < -0.4 is 5.32 Å². The molecule has 0 spiro atoms. The van der Waals surface area contributed by atoms with Crippen LogP contribution in [0.4, 0.5) is 5.82 Å². The van der Waals surface area contributed by atoms with Gasteiger partial charge in [-0.15, -0.1) is 5.92 Å². The SMILES string of the molecule is CC#CCNc1cc(C(=O)OC)ccn1. The summed E-state index contributed by atoms with van der Waals surface area (Å²) in [6.45, 7) is 2.27. The molecule has 0 saturated carbocycles. The van der Waals surface area contributed by atoms with E-state index in [4.69, 9.17) is 0 Å². The van der Waals surface area contributed by atoms with E-state index >= 15 is 0 Å². The largest absolute Gasteiger partial charge is 0.465 e. The zero-order chi connectivity index (χ0) is 11.1. The van der Waals surface area contributed by atoms with Crippen molar-refractivity contribution in [1.82, 2.24) is 4.98 Å². The minimum Gasteiger partial charge on any atom is -0.465 e. The molecule has 0 fully saturated rings. The second-order valence-corrected chi connectivity index (χ2v) is 2.70. The molecule has 1 aromatic rings. The second-order valence-electron chi connectivity index (χ2n) is 2.70. The third-order valence-electron chi connectivity index (χ3n) is 1.72. The molecule has 78 valence electrons. The highest BCUT2D eigenvalue weighted by Gasteiger charge is 2.05. The summed E-state index contributed by atoms with van der Waals surface area (Å²) < 4.78 is 4.59. The van der Waals surface area contributed by atoms with Crippen LogP contribution in [0, 0.1) is 11.8 Å². The molecule has 1 aromatic heterocycles. The smallest absolute Gasteiger partial charge is 0.338 e. The fourth-order valence-corrected chi connectivity index (χ4v) is 0.995. The van der Waals surface area contributed by atoms with Gasteiger partial charge in [-0.25, -0.2) is 9.78 Å². The number of methoxy groups -OCH3 is 1. The normalized spacial score (nSPS) is 8.67. The number of ether oxygens (including phenoxy) is 1. The summed E-state index contributed by atoms with van der Waals surface area (Å²) in [5, 5.41) is 2.97. The Morgan fingerprint density at radius 1 is 1.67 bits per heavy atom.